The molecule has 1 aromatic rings. The number of aliphatic hydroxyl groups excluding tert-OH is 1. The second-order valence-electron chi connectivity index (χ2n) is 21.5. The largest absolute Gasteiger partial charge is 0.481 e. The molecule has 9 amide bonds. The molecule has 12 atom stereocenters. The highest BCUT2D eigenvalue weighted by Gasteiger charge is 2.40. The van der Waals surface area contributed by atoms with E-state index in [4.69, 9.17) is 44.1 Å². The number of unbranched alkanes of at least 4 members (excludes halogenated alkanes) is 1. The maximum absolute atomic E-state index is 14.7. The Kier molecular flexibility index (Phi) is 34.3. The first-order valence-electron chi connectivity index (χ1n) is 28.7. The Hall–Kier alpha value is -9.22. The number of hydrogen-bond donors (Lipinski definition) is 14. The summed E-state index contributed by atoms with van der Waals surface area (Å²) in [6.07, 6.45) is -8.16. The van der Waals surface area contributed by atoms with Crippen LogP contribution in [0.25, 0.3) is 0 Å². The number of primary amides is 1. The molecule has 1 heterocycles. The molecule has 1 aliphatic rings. The van der Waals surface area contributed by atoms with Crippen LogP contribution in [0.1, 0.15) is 102 Å². The number of carbonyl (C=O) groups is 18. The number of nitrogens with one attached hydrogen (secondary N) is 9. The fourth-order valence-electron chi connectivity index (χ4n) is 9.13. The van der Waals surface area contributed by atoms with Gasteiger partial charge in [0.1, 0.15) is 49.5 Å². The second kappa shape index (κ2) is 39.9. The Morgan fingerprint density at radius 3 is 1.88 bits per heavy atom. The molecule has 0 spiro atoms. The molecule has 2 rings (SSSR count). The molecule has 0 aliphatic carbocycles. The number of aliphatic carboxylic acids is 2. The summed E-state index contributed by atoms with van der Waals surface area (Å²) >= 11 is 12.6. The van der Waals surface area contributed by atoms with Crippen LogP contribution >= 0.6 is 23.2 Å². The lowest BCUT2D eigenvalue weighted by atomic mass is 9.84. The standard InChI is InChI=1S/C56H77Cl2N11O24/c1-6-7-8-35-41(75)11-29(21-91-23-71)52(86)64-26(3)50(84)68-38(22-92-24-72)54(88)62-18-45(79)66-37(20-70)42(76)15-31(25(2)9-46(80)81)53(87)67-36(17-39(73)32-13-30(57)14-33(58)49(32)61-5)56(90)93-27(4)48(55(89)63-19-44(78)65-35)69-51(85)28(12-47(82)83)10-40(74)34(59)16-43(60)77/h13-14,23-29,31,34-38,48,61,70H,6-12,15-22,59H2,1-5H3,(H2,60,77)(H,62,88)(H,63,89)(H,64,86)(H,65,78)(H,66,79)(H,67,87)(H,68,84)(H,69,85)(H,80,81)(H,82,83)/t25-,26-,27-,28+,29+,31+,34-,35+,36+,37-,38+,48+/m1/s1. The predicted octanol–water partition coefficient (Wildman–Crippen LogP) is -4.24. The summed E-state index contributed by atoms with van der Waals surface area (Å²) in [5.74, 6) is -26.6. The Bertz CT molecular complexity index is 2970. The number of hydrogen-bond acceptors (Lipinski definition) is 24. The minimum atomic E-state index is -2.26. The first-order chi connectivity index (χ1) is 43.7. The zero-order chi connectivity index (χ0) is 70.4. The van der Waals surface area contributed by atoms with Crippen molar-refractivity contribution in [1.82, 2.24) is 42.5 Å². The summed E-state index contributed by atoms with van der Waals surface area (Å²) < 4.78 is 15.1. The number of benzene rings is 1. The van der Waals surface area contributed by atoms with Crippen LogP contribution in [0.15, 0.2) is 12.1 Å². The van der Waals surface area contributed by atoms with Crippen LogP contribution in [0.5, 0.6) is 0 Å². The summed E-state index contributed by atoms with van der Waals surface area (Å²) in [6.45, 7) is -0.163. The molecule has 0 aromatic heterocycles. The number of rotatable bonds is 26. The summed E-state index contributed by atoms with van der Waals surface area (Å²) in [5, 5.41) is 50.1. The summed E-state index contributed by atoms with van der Waals surface area (Å²) in [4.78, 5) is 239. The van der Waals surface area contributed by atoms with E-state index in [1.165, 1.54) is 20.0 Å². The van der Waals surface area contributed by atoms with Crippen molar-refractivity contribution in [1.29, 1.82) is 0 Å². The number of halogens is 2. The van der Waals surface area contributed by atoms with Crippen LogP contribution in [0, 0.1) is 23.7 Å². The van der Waals surface area contributed by atoms with Gasteiger partial charge in [-0.15, -0.1) is 0 Å². The Balaban J connectivity index is 2.99. The first kappa shape index (κ1) is 79.9. The molecule has 93 heavy (non-hydrogen) atoms. The number of esters is 1. The maximum atomic E-state index is 14.7. The maximum Gasteiger partial charge on any atom is 0.329 e. The number of cyclic esters (lactones) is 1. The number of carbonyl (C=O) groups excluding carboxylic acids is 16. The van der Waals surface area contributed by atoms with Gasteiger partial charge in [-0.1, -0.05) is 49.9 Å². The Labute approximate surface area is 541 Å². The number of ether oxygens (including phenoxy) is 3. The quantitative estimate of drug-likeness (QED) is 0.0181. The highest BCUT2D eigenvalue weighted by Crippen LogP contribution is 2.31. The molecule has 0 saturated carbocycles. The van der Waals surface area contributed by atoms with E-state index in [9.17, 15) is 102 Å². The van der Waals surface area contributed by atoms with Crippen LogP contribution in [0.4, 0.5) is 5.69 Å². The van der Waals surface area contributed by atoms with Crippen LogP contribution in [-0.2, 0) is 95.7 Å². The highest BCUT2D eigenvalue weighted by molar-refractivity contribution is 6.37. The van der Waals surface area contributed by atoms with Gasteiger partial charge in [0.15, 0.2) is 23.1 Å². The van der Waals surface area contributed by atoms with Crippen LogP contribution < -0.4 is 59.3 Å². The number of carboxylic acid groups (broad SMARTS) is 2. The zero-order valence-electron chi connectivity index (χ0n) is 51.2. The van der Waals surface area contributed by atoms with Crippen molar-refractivity contribution in [3.63, 3.8) is 0 Å². The van der Waals surface area contributed by atoms with Crippen molar-refractivity contribution in [2.75, 3.05) is 45.3 Å². The van der Waals surface area contributed by atoms with Gasteiger partial charge in [-0.3, -0.25) is 81.5 Å². The third-order valence-corrected chi connectivity index (χ3v) is 14.7. The molecule has 1 saturated heterocycles. The lowest BCUT2D eigenvalue weighted by Gasteiger charge is -2.29. The van der Waals surface area contributed by atoms with Crippen molar-refractivity contribution in [2.45, 2.75) is 140 Å². The fraction of sp³-hybridized carbons (Fsp3) is 0.571. The lowest BCUT2D eigenvalue weighted by molar-refractivity contribution is -0.156. The van der Waals surface area contributed by atoms with Crippen molar-refractivity contribution in [3.05, 3.63) is 27.7 Å². The third kappa shape index (κ3) is 27.3. The number of aliphatic hydroxyl groups is 1. The summed E-state index contributed by atoms with van der Waals surface area (Å²) in [5.41, 5.74) is 10.6. The van der Waals surface area contributed by atoms with E-state index < -0.39 is 244 Å². The molecule has 1 aromatic carbocycles. The number of anilines is 1. The minimum absolute atomic E-state index is 0.0545. The van der Waals surface area contributed by atoms with Gasteiger partial charge < -0.3 is 88.8 Å². The Morgan fingerprint density at radius 2 is 1.31 bits per heavy atom. The van der Waals surface area contributed by atoms with E-state index in [1.807, 2.05) is 0 Å². The van der Waals surface area contributed by atoms with Crippen LogP contribution in [-0.4, -0.2) is 211 Å². The topological polar surface area (TPSA) is 556 Å². The minimum Gasteiger partial charge on any atom is -0.481 e. The zero-order valence-corrected chi connectivity index (χ0v) is 52.7. The molecule has 514 valence electrons. The van der Waals surface area contributed by atoms with E-state index in [0.717, 1.165) is 19.9 Å². The number of Topliss-reactive ketones (excluding diaryl/α,β-unsaturated/α-hetero) is 4. The molecule has 1 fully saturated rings. The van der Waals surface area contributed by atoms with E-state index in [-0.39, 0.29) is 47.1 Å². The highest BCUT2D eigenvalue weighted by atomic mass is 35.5. The smallest absolute Gasteiger partial charge is 0.329 e. The van der Waals surface area contributed by atoms with E-state index in [2.05, 4.69) is 52.6 Å². The van der Waals surface area contributed by atoms with Gasteiger partial charge in [-0.25, -0.2) is 4.79 Å². The number of nitrogens with two attached hydrogens (primary N) is 2. The Morgan fingerprint density at radius 1 is 0.731 bits per heavy atom. The number of amides is 9. The molecular weight excluding hydrogens is 1280 g/mol. The van der Waals surface area contributed by atoms with Crippen LogP contribution in [0.2, 0.25) is 10.0 Å². The van der Waals surface area contributed by atoms with Crippen molar-refractivity contribution in [3.8, 4) is 0 Å². The monoisotopic (exact) mass is 1360 g/mol. The molecule has 35 nitrogen and oxygen atoms in total. The molecule has 1 aliphatic heterocycles. The summed E-state index contributed by atoms with van der Waals surface area (Å²) in [7, 11) is 1.35. The van der Waals surface area contributed by atoms with Crippen molar-refractivity contribution >= 4 is 136 Å². The molecule has 0 radical (unpaired) electrons. The normalized spacial score (nSPS) is 23.3. The van der Waals surface area contributed by atoms with Gasteiger partial charge in [0.25, 0.3) is 12.9 Å². The van der Waals surface area contributed by atoms with Gasteiger partial charge in [-0.05, 0) is 38.3 Å². The second-order valence-corrected chi connectivity index (χ2v) is 22.3. The van der Waals surface area contributed by atoms with Gasteiger partial charge in [0.05, 0.1) is 60.7 Å². The molecule has 16 N–H and O–H groups in total. The molecule has 0 unspecified atom stereocenters. The molecule has 0 bridgehead atoms. The van der Waals surface area contributed by atoms with Gasteiger partial charge >= 0.3 is 17.9 Å². The molecular formula is C56H77Cl2N11O24. The van der Waals surface area contributed by atoms with Gasteiger partial charge in [-0.2, -0.15) is 0 Å². The number of carboxylic acids is 2. The number of ketones is 4. The van der Waals surface area contributed by atoms with Crippen molar-refractivity contribution in [2.24, 2.45) is 35.1 Å². The average molecular weight is 1360 g/mol. The van der Waals surface area contributed by atoms with E-state index in [1.54, 1.807) is 6.92 Å². The van der Waals surface area contributed by atoms with Crippen LogP contribution in [0.3, 0.4) is 0 Å². The van der Waals surface area contributed by atoms with Gasteiger partial charge in [0, 0.05) is 62.1 Å². The molecule has 37 heteroatoms. The van der Waals surface area contributed by atoms with E-state index >= 15 is 0 Å². The first-order valence-corrected chi connectivity index (χ1v) is 29.5. The summed E-state index contributed by atoms with van der Waals surface area (Å²) in [6, 6.07) is -10.6. The lowest BCUT2D eigenvalue weighted by Crippen LogP contribution is -2.57. The van der Waals surface area contributed by atoms with Gasteiger partial charge in [0.2, 0.25) is 53.2 Å². The van der Waals surface area contributed by atoms with E-state index in [0.29, 0.717) is 6.42 Å². The SMILES string of the molecule is CCCC[C@@H]1NC(=O)CNC(=O)[C@@H](NC(=O)[C@H](CC(=O)O)CC(=O)[C@H](N)CC(N)=O)[C@@H](C)OC(=O)[C@H](CC(=O)c2cc(Cl)cc(Cl)c2NC)NC(=O)[C@H]([C@H](C)CC(=O)O)CC(=O)[C@@H](CO)NC(=O)CNC(=O)[C@H](COC=O)NC(=O)[C@@H](C)NC(=O)[C@H](COC=O)CC1=O. The fourth-order valence-corrected chi connectivity index (χ4v) is 9.71. The van der Waals surface area contributed by atoms with Crippen molar-refractivity contribution < 1.29 is 116 Å². The third-order valence-electron chi connectivity index (χ3n) is 14.2. The predicted molar refractivity (Wildman–Crippen MR) is 319 cm³/mol. The average Bonchev–Trinajstić information content (AvgIpc) is 0.908.